The third kappa shape index (κ3) is 3.21. The minimum absolute atomic E-state index is 0.143. The molecular formula is C11H14FNO4. The van der Waals surface area contributed by atoms with Crippen molar-refractivity contribution in [2.24, 2.45) is 0 Å². The Kier molecular flexibility index (Phi) is 4.53. The van der Waals surface area contributed by atoms with Crippen LogP contribution >= 0.6 is 0 Å². The van der Waals surface area contributed by atoms with Crippen molar-refractivity contribution < 1.29 is 24.1 Å². The average Bonchev–Trinajstić information content (AvgIpc) is 2.31. The van der Waals surface area contributed by atoms with Gasteiger partial charge in [0.25, 0.3) is 0 Å². The van der Waals surface area contributed by atoms with Gasteiger partial charge >= 0.3 is 5.97 Å². The molecule has 1 aromatic rings. The van der Waals surface area contributed by atoms with Crippen LogP contribution in [0.25, 0.3) is 0 Å². The van der Waals surface area contributed by atoms with Crippen LogP contribution in [0.1, 0.15) is 23.7 Å². The first-order valence-corrected chi connectivity index (χ1v) is 5.01. The number of methoxy groups -OCH3 is 1. The molecule has 1 rings (SSSR count). The number of aromatic nitrogens is 1. The molecule has 2 unspecified atom stereocenters. The lowest BCUT2D eigenvalue weighted by atomic mass is 9.99. The minimum Gasteiger partial charge on any atom is -0.469 e. The van der Waals surface area contributed by atoms with Crippen molar-refractivity contribution >= 4 is 5.97 Å². The van der Waals surface area contributed by atoms with Gasteiger partial charge in [0.05, 0.1) is 19.6 Å². The molecule has 0 saturated carbocycles. The molecule has 5 nitrogen and oxygen atoms in total. The van der Waals surface area contributed by atoms with Crippen molar-refractivity contribution in [3.63, 3.8) is 0 Å². The van der Waals surface area contributed by atoms with Crippen molar-refractivity contribution in [1.29, 1.82) is 0 Å². The van der Waals surface area contributed by atoms with Gasteiger partial charge < -0.3 is 14.9 Å². The van der Waals surface area contributed by atoms with Crippen molar-refractivity contribution in [3.05, 3.63) is 29.3 Å². The first-order valence-electron chi connectivity index (χ1n) is 5.01. The van der Waals surface area contributed by atoms with Crippen LogP contribution in [-0.2, 0) is 9.53 Å². The Morgan fingerprint density at radius 3 is 2.82 bits per heavy atom. The monoisotopic (exact) mass is 243 g/mol. The number of hydrogen-bond acceptors (Lipinski definition) is 5. The highest BCUT2D eigenvalue weighted by Crippen LogP contribution is 2.23. The average molecular weight is 243 g/mol. The fraction of sp³-hybridized carbons (Fsp3) is 0.455. The van der Waals surface area contributed by atoms with Crippen LogP contribution in [0, 0.1) is 12.9 Å². The summed E-state index contributed by atoms with van der Waals surface area (Å²) in [5.74, 6) is -1.37. The number of esters is 1. The zero-order valence-electron chi connectivity index (χ0n) is 9.55. The lowest BCUT2D eigenvalue weighted by molar-refractivity contribution is -0.144. The molecule has 2 atom stereocenters. The standard InChI is InChI=1S/C11H14FNO4/c1-6-7(3-4-13-11(6)12)10(16)8(14)5-9(15)17-2/h3-4,8,10,14,16H,5H2,1-2H3. The Balaban J connectivity index is 2.85. The molecule has 0 aliphatic rings. The summed E-state index contributed by atoms with van der Waals surface area (Å²) in [5.41, 5.74) is 0.345. The van der Waals surface area contributed by atoms with Crippen molar-refractivity contribution in [1.82, 2.24) is 4.98 Å². The van der Waals surface area contributed by atoms with E-state index in [-0.39, 0.29) is 17.5 Å². The van der Waals surface area contributed by atoms with Crippen LogP contribution < -0.4 is 0 Å². The molecule has 0 amide bonds. The molecule has 6 heteroatoms. The van der Waals surface area contributed by atoms with Gasteiger partial charge in [-0.3, -0.25) is 4.79 Å². The Labute approximate surface area is 97.9 Å². The smallest absolute Gasteiger partial charge is 0.308 e. The molecule has 1 heterocycles. The van der Waals surface area contributed by atoms with E-state index in [1.807, 2.05) is 0 Å². The molecule has 0 radical (unpaired) electrons. The van der Waals surface area contributed by atoms with Gasteiger partial charge in [0.2, 0.25) is 5.95 Å². The molecule has 1 aromatic heterocycles. The molecule has 0 aromatic carbocycles. The highest BCUT2D eigenvalue weighted by molar-refractivity contribution is 5.69. The van der Waals surface area contributed by atoms with Crippen molar-refractivity contribution in [2.75, 3.05) is 7.11 Å². The zero-order chi connectivity index (χ0) is 13.0. The summed E-state index contributed by atoms with van der Waals surface area (Å²) in [6.07, 6.45) is -1.87. The fourth-order valence-corrected chi connectivity index (χ4v) is 1.42. The van der Waals surface area contributed by atoms with Gasteiger partial charge in [0, 0.05) is 11.8 Å². The SMILES string of the molecule is COC(=O)CC(O)C(O)c1ccnc(F)c1C. The number of rotatable bonds is 4. The van der Waals surface area contributed by atoms with Crippen LogP contribution in [-0.4, -0.2) is 34.4 Å². The molecule has 0 fully saturated rings. The number of ether oxygens (including phenoxy) is 1. The summed E-state index contributed by atoms with van der Waals surface area (Å²) in [6.45, 7) is 1.44. The lowest BCUT2D eigenvalue weighted by Gasteiger charge is -2.18. The number of hydrogen-bond donors (Lipinski definition) is 2. The van der Waals surface area contributed by atoms with E-state index in [2.05, 4.69) is 9.72 Å². The zero-order valence-corrected chi connectivity index (χ0v) is 9.55. The van der Waals surface area contributed by atoms with Crippen LogP contribution in [0.5, 0.6) is 0 Å². The van der Waals surface area contributed by atoms with Gasteiger partial charge in [-0.2, -0.15) is 4.39 Å². The molecule has 0 saturated heterocycles. The minimum atomic E-state index is -1.36. The summed E-state index contributed by atoms with van der Waals surface area (Å²) in [5, 5.41) is 19.4. The number of halogens is 1. The van der Waals surface area contributed by atoms with Gasteiger partial charge in [-0.1, -0.05) is 0 Å². The van der Waals surface area contributed by atoms with Crippen LogP contribution in [0.2, 0.25) is 0 Å². The van der Waals surface area contributed by atoms with E-state index < -0.39 is 24.1 Å². The number of aliphatic hydroxyl groups is 2. The second-order valence-electron chi connectivity index (χ2n) is 3.61. The Morgan fingerprint density at radius 2 is 2.24 bits per heavy atom. The highest BCUT2D eigenvalue weighted by atomic mass is 19.1. The normalized spacial score (nSPS) is 14.2. The maximum Gasteiger partial charge on any atom is 0.308 e. The quantitative estimate of drug-likeness (QED) is 0.594. The molecule has 0 bridgehead atoms. The third-order valence-corrected chi connectivity index (χ3v) is 2.47. The molecule has 0 aliphatic carbocycles. The van der Waals surface area contributed by atoms with E-state index in [1.165, 1.54) is 26.3 Å². The number of carbonyl (C=O) groups is 1. The molecule has 0 spiro atoms. The van der Waals surface area contributed by atoms with Gasteiger partial charge in [0.1, 0.15) is 6.10 Å². The Morgan fingerprint density at radius 1 is 1.59 bits per heavy atom. The van der Waals surface area contributed by atoms with E-state index in [1.54, 1.807) is 0 Å². The first-order chi connectivity index (χ1) is 7.97. The number of carbonyl (C=O) groups excluding carboxylic acids is 1. The van der Waals surface area contributed by atoms with Crippen LogP contribution in [0.3, 0.4) is 0 Å². The highest BCUT2D eigenvalue weighted by Gasteiger charge is 2.24. The number of aliphatic hydroxyl groups excluding tert-OH is 2. The van der Waals surface area contributed by atoms with Crippen LogP contribution in [0.4, 0.5) is 4.39 Å². The molecule has 94 valence electrons. The van der Waals surface area contributed by atoms with Crippen molar-refractivity contribution in [2.45, 2.75) is 25.6 Å². The van der Waals surface area contributed by atoms with Crippen molar-refractivity contribution in [3.8, 4) is 0 Å². The van der Waals surface area contributed by atoms with Gasteiger partial charge in [-0.25, -0.2) is 4.98 Å². The second kappa shape index (κ2) is 5.70. The maximum atomic E-state index is 13.1. The Hall–Kier alpha value is -1.53. The predicted octanol–water partition coefficient (Wildman–Crippen LogP) is 0.487. The first kappa shape index (κ1) is 13.5. The van der Waals surface area contributed by atoms with Crippen LogP contribution in [0.15, 0.2) is 12.3 Å². The van der Waals surface area contributed by atoms with E-state index in [0.29, 0.717) is 0 Å². The number of pyridine rings is 1. The largest absolute Gasteiger partial charge is 0.469 e. The van der Waals surface area contributed by atoms with Gasteiger partial charge in [0.15, 0.2) is 0 Å². The number of nitrogens with zero attached hydrogens (tertiary/aromatic N) is 1. The second-order valence-corrected chi connectivity index (χ2v) is 3.61. The topological polar surface area (TPSA) is 79.7 Å². The predicted molar refractivity (Wildman–Crippen MR) is 56.5 cm³/mol. The van der Waals surface area contributed by atoms with E-state index in [0.717, 1.165) is 0 Å². The fourth-order valence-electron chi connectivity index (χ4n) is 1.42. The summed E-state index contributed by atoms with van der Waals surface area (Å²) in [7, 11) is 1.18. The molecular weight excluding hydrogens is 229 g/mol. The summed E-state index contributed by atoms with van der Waals surface area (Å²) >= 11 is 0. The maximum absolute atomic E-state index is 13.1. The van der Waals surface area contributed by atoms with Gasteiger partial charge in [-0.05, 0) is 18.6 Å². The summed E-state index contributed by atoms with van der Waals surface area (Å²) in [4.78, 5) is 14.3. The lowest BCUT2D eigenvalue weighted by Crippen LogP contribution is -2.23. The molecule has 2 N–H and O–H groups in total. The molecule has 17 heavy (non-hydrogen) atoms. The Bertz CT molecular complexity index is 410. The van der Waals surface area contributed by atoms with E-state index in [4.69, 9.17) is 0 Å². The molecule has 0 aliphatic heterocycles. The summed E-state index contributed by atoms with van der Waals surface area (Å²) < 4.78 is 17.5. The summed E-state index contributed by atoms with van der Waals surface area (Å²) in [6, 6.07) is 1.39. The van der Waals surface area contributed by atoms with Gasteiger partial charge in [-0.15, -0.1) is 0 Å². The van der Waals surface area contributed by atoms with E-state index in [9.17, 15) is 19.4 Å². The third-order valence-electron chi connectivity index (χ3n) is 2.47. The van der Waals surface area contributed by atoms with E-state index >= 15 is 0 Å².